The molecule has 3 rings (SSSR count). The third kappa shape index (κ3) is 3.80. The molecule has 1 saturated heterocycles. The molecule has 156 valence electrons. The van der Waals surface area contributed by atoms with E-state index < -0.39 is 46.0 Å². The van der Waals surface area contributed by atoms with Crippen LogP contribution in [0.5, 0.6) is 0 Å². The molecule has 10 nitrogen and oxygen atoms in total. The summed E-state index contributed by atoms with van der Waals surface area (Å²) in [6.45, 7) is -0.233. The van der Waals surface area contributed by atoms with Crippen molar-refractivity contribution in [2.24, 2.45) is 5.73 Å². The summed E-state index contributed by atoms with van der Waals surface area (Å²) in [5, 5.41) is 11.8. The number of fused-ring (bicyclic) bond motifs is 1. The number of thiophene rings is 1. The Morgan fingerprint density at radius 3 is 2.72 bits per heavy atom. The van der Waals surface area contributed by atoms with Crippen LogP contribution in [0.25, 0.3) is 0 Å². The molecule has 1 aromatic heterocycles. The number of hydrogen-bond acceptors (Lipinski definition) is 8. The molecule has 0 bridgehead atoms. The van der Waals surface area contributed by atoms with Crippen molar-refractivity contribution in [3.8, 4) is 0 Å². The molecule has 3 unspecified atom stereocenters. The van der Waals surface area contributed by atoms with Gasteiger partial charge in [0.15, 0.2) is 0 Å². The molecular formula is C16H16FN3O7S2. The first kappa shape index (κ1) is 21.1. The van der Waals surface area contributed by atoms with Gasteiger partial charge >= 0.3 is 12.1 Å². The van der Waals surface area contributed by atoms with Crippen LogP contribution in [0.3, 0.4) is 0 Å². The Balaban J connectivity index is 1.81. The van der Waals surface area contributed by atoms with Crippen molar-refractivity contribution < 1.29 is 38.1 Å². The highest BCUT2D eigenvalue weighted by molar-refractivity contribution is 8.00. The first-order chi connectivity index (χ1) is 13.7. The number of carbonyl (C=O) groups is 4. The molecule has 1 aromatic rings. The maximum absolute atomic E-state index is 13.6. The maximum Gasteiger partial charge on any atom is 0.404 e. The van der Waals surface area contributed by atoms with Gasteiger partial charge in [0.1, 0.15) is 23.5 Å². The lowest BCUT2D eigenvalue weighted by atomic mass is 9.99. The standard InChI is InChI=1S/C16H16FN3O7S2/c1-26-16(19-11(21)5-10-8(17)2-3-28-10)13(24)20-9(12(22)23)4-7(29-14(16)20)6-27-15(18)25/h2-4,7,14H,5-6H2,1H3,(H2,18,25)(H,19,21)(H,22,23). The monoisotopic (exact) mass is 445 g/mol. The summed E-state index contributed by atoms with van der Waals surface area (Å²) < 4.78 is 23.6. The fourth-order valence-corrected chi connectivity index (χ4v) is 5.20. The highest BCUT2D eigenvalue weighted by Crippen LogP contribution is 2.47. The molecular weight excluding hydrogens is 429 g/mol. The summed E-state index contributed by atoms with van der Waals surface area (Å²) in [6.07, 6.45) is -0.0886. The summed E-state index contributed by atoms with van der Waals surface area (Å²) in [7, 11) is 1.19. The van der Waals surface area contributed by atoms with Crippen LogP contribution in [0.15, 0.2) is 23.2 Å². The van der Waals surface area contributed by atoms with E-state index in [9.17, 15) is 28.7 Å². The maximum atomic E-state index is 13.6. The number of ether oxygens (including phenoxy) is 2. The van der Waals surface area contributed by atoms with E-state index in [1.165, 1.54) is 24.6 Å². The number of β-lactam (4-membered cyclic amide) rings is 1. The molecule has 0 aliphatic carbocycles. The number of hydrogen-bond donors (Lipinski definition) is 3. The molecule has 2 aliphatic rings. The van der Waals surface area contributed by atoms with Gasteiger partial charge in [0.2, 0.25) is 5.91 Å². The average Bonchev–Trinajstić information content (AvgIpc) is 3.07. The largest absolute Gasteiger partial charge is 0.477 e. The van der Waals surface area contributed by atoms with Gasteiger partial charge in [-0.05, 0) is 17.5 Å². The van der Waals surface area contributed by atoms with Crippen LogP contribution in [0, 0.1) is 5.82 Å². The topological polar surface area (TPSA) is 148 Å². The lowest BCUT2D eigenvalue weighted by molar-refractivity contribution is -0.192. The van der Waals surface area contributed by atoms with Crippen LogP contribution >= 0.6 is 23.1 Å². The second-order valence-electron chi connectivity index (χ2n) is 6.05. The number of amides is 3. The van der Waals surface area contributed by atoms with Crippen molar-refractivity contribution >= 4 is 47.0 Å². The predicted octanol–water partition coefficient (Wildman–Crippen LogP) is 0.236. The van der Waals surface area contributed by atoms with Crippen LogP contribution < -0.4 is 11.1 Å². The summed E-state index contributed by atoms with van der Waals surface area (Å²) in [5.41, 5.74) is 2.77. The Hall–Kier alpha value is -2.64. The number of nitrogens with one attached hydrogen (secondary N) is 1. The minimum absolute atomic E-state index is 0.188. The number of primary amides is 1. The van der Waals surface area contributed by atoms with E-state index in [1.54, 1.807) is 0 Å². The van der Waals surface area contributed by atoms with Gasteiger partial charge in [0.25, 0.3) is 11.6 Å². The number of carbonyl (C=O) groups excluding carboxylic acids is 3. The number of aliphatic carboxylic acids is 1. The fraction of sp³-hybridized carbons (Fsp3) is 0.375. The second kappa shape index (κ2) is 8.00. The van der Waals surface area contributed by atoms with Crippen LogP contribution in [-0.2, 0) is 30.3 Å². The van der Waals surface area contributed by atoms with E-state index in [4.69, 9.17) is 15.2 Å². The molecule has 3 heterocycles. The molecule has 3 atom stereocenters. The Labute approximate surface area is 171 Å². The molecule has 0 radical (unpaired) electrons. The molecule has 3 amide bonds. The van der Waals surface area contributed by atoms with Crippen molar-refractivity contribution in [3.05, 3.63) is 33.9 Å². The number of nitrogens with two attached hydrogens (primary N) is 1. The van der Waals surface area contributed by atoms with E-state index in [0.717, 1.165) is 28.0 Å². The highest BCUT2D eigenvalue weighted by Gasteiger charge is 2.66. The fourth-order valence-electron chi connectivity index (χ4n) is 2.99. The van der Waals surface area contributed by atoms with E-state index in [-0.39, 0.29) is 23.6 Å². The van der Waals surface area contributed by atoms with E-state index in [0.29, 0.717) is 0 Å². The van der Waals surface area contributed by atoms with Crippen molar-refractivity contribution in [2.45, 2.75) is 22.8 Å². The van der Waals surface area contributed by atoms with Gasteiger partial charge in [-0.25, -0.2) is 14.0 Å². The number of carboxylic acid groups (broad SMARTS) is 1. The Bertz CT molecular complexity index is 905. The molecule has 29 heavy (non-hydrogen) atoms. The minimum Gasteiger partial charge on any atom is -0.477 e. The molecule has 0 saturated carbocycles. The number of nitrogens with zero attached hydrogens (tertiary/aromatic N) is 1. The van der Waals surface area contributed by atoms with E-state index in [2.05, 4.69) is 5.32 Å². The van der Waals surface area contributed by atoms with Crippen molar-refractivity contribution in [1.29, 1.82) is 0 Å². The predicted molar refractivity (Wildman–Crippen MR) is 99.1 cm³/mol. The SMILES string of the molecule is COC1(NC(=O)Cc2sccc2F)C(=O)N2C(C(=O)O)=CC(COC(N)=O)SC21. The first-order valence-electron chi connectivity index (χ1n) is 8.14. The zero-order chi connectivity index (χ0) is 21.3. The van der Waals surface area contributed by atoms with Crippen molar-refractivity contribution in [2.75, 3.05) is 13.7 Å². The zero-order valence-corrected chi connectivity index (χ0v) is 16.5. The molecule has 0 aromatic carbocycles. The molecule has 13 heteroatoms. The molecule has 1 fully saturated rings. The van der Waals surface area contributed by atoms with Gasteiger partial charge in [-0.15, -0.1) is 23.1 Å². The van der Waals surface area contributed by atoms with Gasteiger partial charge in [-0.1, -0.05) is 0 Å². The molecule has 0 spiro atoms. The van der Waals surface area contributed by atoms with Gasteiger partial charge < -0.3 is 25.6 Å². The smallest absolute Gasteiger partial charge is 0.404 e. The quantitative estimate of drug-likeness (QED) is 0.399. The number of carboxylic acids is 1. The van der Waals surface area contributed by atoms with E-state index >= 15 is 0 Å². The summed E-state index contributed by atoms with van der Waals surface area (Å²) in [6, 6.07) is 1.22. The van der Waals surface area contributed by atoms with E-state index in [1.807, 2.05) is 0 Å². The van der Waals surface area contributed by atoms with Gasteiger partial charge in [0, 0.05) is 12.0 Å². The Morgan fingerprint density at radius 2 is 2.17 bits per heavy atom. The van der Waals surface area contributed by atoms with Gasteiger partial charge in [-0.3, -0.25) is 14.5 Å². The number of rotatable bonds is 7. The van der Waals surface area contributed by atoms with Crippen molar-refractivity contribution in [3.63, 3.8) is 0 Å². The number of methoxy groups -OCH3 is 1. The lowest BCUT2D eigenvalue weighted by Crippen LogP contribution is -2.81. The molecule has 2 aliphatic heterocycles. The second-order valence-corrected chi connectivity index (χ2v) is 8.37. The third-order valence-electron chi connectivity index (χ3n) is 4.29. The first-order valence-corrected chi connectivity index (χ1v) is 9.96. The summed E-state index contributed by atoms with van der Waals surface area (Å²) in [5.74, 6) is -3.35. The normalized spacial score (nSPS) is 25.5. The average molecular weight is 445 g/mol. The molecule has 4 N–H and O–H groups in total. The van der Waals surface area contributed by atoms with Gasteiger partial charge in [-0.2, -0.15) is 0 Å². The zero-order valence-electron chi connectivity index (χ0n) is 14.9. The lowest BCUT2D eigenvalue weighted by Gasteiger charge is -2.56. The summed E-state index contributed by atoms with van der Waals surface area (Å²) >= 11 is 2.10. The Morgan fingerprint density at radius 1 is 1.45 bits per heavy atom. The van der Waals surface area contributed by atoms with Gasteiger partial charge in [0.05, 0.1) is 11.7 Å². The van der Waals surface area contributed by atoms with Crippen LogP contribution in [0.2, 0.25) is 0 Å². The van der Waals surface area contributed by atoms with Crippen LogP contribution in [-0.4, -0.2) is 63.9 Å². The number of thioether (sulfide) groups is 1. The summed E-state index contributed by atoms with van der Waals surface area (Å²) in [4.78, 5) is 48.7. The van der Waals surface area contributed by atoms with Crippen LogP contribution in [0.1, 0.15) is 4.88 Å². The highest BCUT2D eigenvalue weighted by atomic mass is 32.2. The number of halogens is 1. The van der Waals surface area contributed by atoms with Crippen LogP contribution in [0.4, 0.5) is 9.18 Å². The minimum atomic E-state index is -1.84. The third-order valence-corrected chi connectivity index (χ3v) is 6.61. The Kier molecular flexibility index (Phi) is 5.82. The van der Waals surface area contributed by atoms with Crippen molar-refractivity contribution in [1.82, 2.24) is 10.2 Å².